The number of methoxy groups -OCH3 is 1. The number of rotatable bonds is 5. The summed E-state index contributed by atoms with van der Waals surface area (Å²) in [5, 5.41) is 6.66. The van der Waals surface area contributed by atoms with E-state index in [4.69, 9.17) is 0 Å². The van der Waals surface area contributed by atoms with Gasteiger partial charge in [-0.3, -0.25) is 0 Å². The number of guanidine groups is 1. The second kappa shape index (κ2) is 7.11. The predicted octanol–water partition coefficient (Wildman–Crippen LogP) is 1.94. The molecule has 0 aliphatic heterocycles. The van der Waals surface area contributed by atoms with Crippen molar-refractivity contribution in [1.82, 2.24) is 10.6 Å². The SMILES string of the molecule is CCNC(=NCc1ccc(C(=O)OC)cc1)NC1CC1C. The quantitative estimate of drug-likeness (QED) is 0.494. The largest absolute Gasteiger partial charge is 0.465 e. The molecule has 0 saturated heterocycles. The summed E-state index contributed by atoms with van der Waals surface area (Å²) in [7, 11) is 1.38. The molecule has 1 aromatic rings. The number of hydrogen-bond acceptors (Lipinski definition) is 3. The monoisotopic (exact) mass is 289 g/mol. The second-order valence-electron chi connectivity index (χ2n) is 5.35. The van der Waals surface area contributed by atoms with Crippen LogP contribution in [-0.2, 0) is 11.3 Å². The van der Waals surface area contributed by atoms with E-state index >= 15 is 0 Å². The summed E-state index contributed by atoms with van der Waals surface area (Å²) in [4.78, 5) is 15.9. The van der Waals surface area contributed by atoms with Crippen LogP contribution in [0.1, 0.15) is 36.2 Å². The van der Waals surface area contributed by atoms with E-state index < -0.39 is 0 Å². The molecule has 5 nitrogen and oxygen atoms in total. The minimum Gasteiger partial charge on any atom is -0.465 e. The van der Waals surface area contributed by atoms with E-state index in [1.54, 1.807) is 12.1 Å². The van der Waals surface area contributed by atoms with Gasteiger partial charge in [-0.2, -0.15) is 0 Å². The first kappa shape index (κ1) is 15.4. The highest BCUT2D eigenvalue weighted by Crippen LogP contribution is 2.28. The maximum absolute atomic E-state index is 11.4. The van der Waals surface area contributed by atoms with Crippen molar-refractivity contribution >= 4 is 11.9 Å². The number of aliphatic imine (C=N–C) groups is 1. The molecule has 2 atom stereocenters. The van der Waals surface area contributed by atoms with Crippen LogP contribution in [0.25, 0.3) is 0 Å². The van der Waals surface area contributed by atoms with Crippen molar-refractivity contribution in [1.29, 1.82) is 0 Å². The zero-order valence-electron chi connectivity index (χ0n) is 12.8. The third-order valence-corrected chi connectivity index (χ3v) is 3.57. The highest BCUT2D eigenvalue weighted by atomic mass is 16.5. The third kappa shape index (κ3) is 4.48. The fraction of sp³-hybridized carbons (Fsp3) is 0.500. The number of ether oxygens (including phenoxy) is 1. The molecule has 5 heteroatoms. The van der Waals surface area contributed by atoms with E-state index in [1.165, 1.54) is 13.5 Å². The van der Waals surface area contributed by atoms with Gasteiger partial charge in [-0.1, -0.05) is 19.1 Å². The molecular formula is C16H23N3O2. The molecule has 0 amide bonds. The van der Waals surface area contributed by atoms with Crippen LogP contribution in [-0.4, -0.2) is 31.6 Å². The van der Waals surface area contributed by atoms with Gasteiger partial charge in [0.2, 0.25) is 0 Å². The summed E-state index contributed by atoms with van der Waals surface area (Å²) >= 11 is 0. The summed E-state index contributed by atoms with van der Waals surface area (Å²) < 4.78 is 4.68. The van der Waals surface area contributed by atoms with Gasteiger partial charge in [0.15, 0.2) is 5.96 Å². The minimum absolute atomic E-state index is 0.317. The lowest BCUT2D eigenvalue weighted by atomic mass is 10.1. The topological polar surface area (TPSA) is 62.7 Å². The zero-order chi connectivity index (χ0) is 15.2. The lowest BCUT2D eigenvalue weighted by Crippen LogP contribution is -2.39. The third-order valence-electron chi connectivity index (χ3n) is 3.57. The number of nitrogens with one attached hydrogen (secondary N) is 2. The molecule has 21 heavy (non-hydrogen) atoms. The molecule has 1 saturated carbocycles. The molecule has 1 aromatic carbocycles. The van der Waals surface area contributed by atoms with E-state index in [0.717, 1.165) is 24.0 Å². The molecule has 0 radical (unpaired) electrons. The standard InChI is InChI=1S/C16H23N3O2/c1-4-17-16(19-14-9-11(14)2)18-10-12-5-7-13(8-6-12)15(20)21-3/h5-8,11,14H,4,9-10H2,1-3H3,(H2,17,18,19). The molecule has 1 fully saturated rings. The number of carbonyl (C=O) groups is 1. The first-order chi connectivity index (χ1) is 10.1. The molecule has 1 aliphatic rings. The Bertz CT molecular complexity index is 511. The number of hydrogen-bond donors (Lipinski definition) is 2. The Morgan fingerprint density at radius 3 is 2.57 bits per heavy atom. The highest BCUT2D eigenvalue weighted by Gasteiger charge is 2.33. The van der Waals surface area contributed by atoms with Gasteiger partial charge in [0.1, 0.15) is 0 Å². The molecule has 114 valence electrons. The number of esters is 1. The molecular weight excluding hydrogens is 266 g/mol. The molecule has 0 bridgehead atoms. The van der Waals surface area contributed by atoms with Gasteiger partial charge in [-0.15, -0.1) is 0 Å². The Morgan fingerprint density at radius 2 is 2.05 bits per heavy atom. The van der Waals surface area contributed by atoms with Crippen LogP contribution in [0, 0.1) is 5.92 Å². The van der Waals surface area contributed by atoms with Gasteiger partial charge in [-0.25, -0.2) is 9.79 Å². The fourth-order valence-corrected chi connectivity index (χ4v) is 2.05. The second-order valence-corrected chi connectivity index (χ2v) is 5.35. The Hall–Kier alpha value is -2.04. The van der Waals surface area contributed by atoms with Gasteiger partial charge in [0.05, 0.1) is 19.2 Å². The first-order valence-corrected chi connectivity index (χ1v) is 7.36. The Labute approximate surface area is 125 Å². The van der Waals surface area contributed by atoms with Crippen molar-refractivity contribution in [2.75, 3.05) is 13.7 Å². The molecule has 0 heterocycles. The van der Waals surface area contributed by atoms with Crippen molar-refractivity contribution in [3.8, 4) is 0 Å². The van der Waals surface area contributed by atoms with Crippen LogP contribution in [0.4, 0.5) is 0 Å². The van der Waals surface area contributed by atoms with Crippen molar-refractivity contribution in [2.24, 2.45) is 10.9 Å². The average molecular weight is 289 g/mol. The fourth-order valence-electron chi connectivity index (χ4n) is 2.05. The highest BCUT2D eigenvalue weighted by molar-refractivity contribution is 5.89. The minimum atomic E-state index is -0.317. The summed E-state index contributed by atoms with van der Waals surface area (Å²) in [5.41, 5.74) is 1.62. The Morgan fingerprint density at radius 1 is 1.38 bits per heavy atom. The Kier molecular flexibility index (Phi) is 5.20. The van der Waals surface area contributed by atoms with Crippen LogP contribution in [0.5, 0.6) is 0 Å². The molecule has 1 aliphatic carbocycles. The summed E-state index contributed by atoms with van der Waals surface area (Å²) in [6.07, 6.45) is 1.21. The maximum Gasteiger partial charge on any atom is 0.337 e. The average Bonchev–Trinajstić information content (AvgIpc) is 3.20. The molecule has 2 N–H and O–H groups in total. The van der Waals surface area contributed by atoms with Crippen LogP contribution in [0.2, 0.25) is 0 Å². The van der Waals surface area contributed by atoms with Gasteiger partial charge >= 0.3 is 5.97 Å². The van der Waals surface area contributed by atoms with Gasteiger partial charge in [0, 0.05) is 12.6 Å². The summed E-state index contributed by atoms with van der Waals surface area (Å²) in [6.45, 7) is 5.71. The van der Waals surface area contributed by atoms with Crippen molar-refractivity contribution in [3.05, 3.63) is 35.4 Å². The first-order valence-electron chi connectivity index (χ1n) is 7.36. The molecule has 2 rings (SSSR count). The van der Waals surface area contributed by atoms with E-state index in [1.807, 2.05) is 12.1 Å². The summed E-state index contributed by atoms with van der Waals surface area (Å²) in [6, 6.07) is 7.88. The molecule has 0 aromatic heterocycles. The number of carbonyl (C=O) groups excluding carboxylic acids is 1. The van der Waals surface area contributed by atoms with Crippen LogP contribution < -0.4 is 10.6 Å². The van der Waals surface area contributed by atoms with E-state index in [0.29, 0.717) is 18.2 Å². The maximum atomic E-state index is 11.4. The van der Waals surface area contributed by atoms with E-state index in [9.17, 15) is 4.79 Å². The normalized spacial score (nSPS) is 20.8. The zero-order valence-corrected chi connectivity index (χ0v) is 12.8. The van der Waals surface area contributed by atoms with Gasteiger partial charge < -0.3 is 15.4 Å². The van der Waals surface area contributed by atoms with Gasteiger partial charge in [-0.05, 0) is 37.0 Å². The molecule has 0 spiro atoms. The predicted molar refractivity (Wildman–Crippen MR) is 83.3 cm³/mol. The van der Waals surface area contributed by atoms with Gasteiger partial charge in [0.25, 0.3) is 0 Å². The van der Waals surface area contributed by atoms with Crippen molar-refractivity contribution < 1.29 is 9.53 Å². The van der Waals surface area contributed by atoms with E-state index in [2.05, 4.69) is 34.2 Å². The Balaban J connectivity index is 1.95. The van der Waals surface area contributed by atoms with Crippen LogP contribution in [0.3, 0.4) is 0 Å². The molecule has 2 unspecified atom stereocenters. The lowest BCUT2D eigenvalue weighted by Gasteiger charge is -2.10. The van der Waals surface area contributed by atoms with Crippen molar-refractivity contribution in [2.45, 2.75) is 32.9 Å². The van der Waals surface area contributed by atoms with Crippen LogP contribution >= 0.6 is 0 Å². The number of benzene rings is 1. The summed E-state index contributed by atoms with van der Waals surface area (Å²) in [5.74, 6) is 1.26. The van der Waals surface area contributed by atoms with Crippen LogP contribution in [0.15, 0.2) is 29.3 Å². The lowest BCUT2D eigenvalue weighted by molar-refractivity contribution is 0.0600. The van der Waals surface area contributed by atoms with E-state index in [-0.39, 0.29) is 5.97 Å². The smallest absolute Gasteiger partial charge is 0.337 e. The number of nitrogens with zero attached hydrogens (tertiary/aromatic N) is 1. The van der Waals surface area contributed by atoms with Crippen molar-refractivity contribution in [3.63, 3.8) is 0 Å².